The SMILES string of the molecule is COc1ccc(N)c(NC(=O)[C@@H]2C[C@H]3C[C@H]3N2C(=O)OC(C)(C)C)c1. The molecule has 2 aliphatic rings. The second-order valence-electron chi connectivity index (χ2n) is 7.64. The van der Waals surface area contributed by atoms with Crippen LogP contribution in [0, 0.1) is 5.92 Å². The first-order chi connectivity index (χ1) is 11.7. The zero-order chi connectivity index (χ0) is 18.4. The Hall–Kier alpha value is -2.44. The minimum absolute atomic E-state index is 0.105. The number of ether oxygens (including phenoxy) is 2. The van der Waals surface area contributed by atoms with Crippen LogP contribution < -0.4 is 15.8 Å². The molecule has 0 spiro atoms. The van der Waals surface area contributed by atoms with Crippen molar-refractivity contribution in [3.8, 4) is 5.75 Å². The second-order valence-corrected chi connectivity index (χ2v) is 7.64. The lowest BCUT2D eigenvalue weighted by molar-refractivity contribution is -0.120. The van der Waals surface area contributed by atoms with Crippen molar-refractivity contribution in [1.29, 1.82) is 0 Å². The van der Waals surface area contributed by atoms with Gasteiger partial charge in [-0.05, 0) is 51.7 Å². The Kier molecular flexibility index (Phi) is 4.26. The van der Waals surface area contributed by atoms with Crippen LogP contribution in [0.15, 0.2) is 18.2 Å². The van der Waals surface area contributed by atoms with E-state index in [1.807, 2.05) is 20.8 Å². The molecule has 2 amide bonds. The van der Waals surface area contributed by atoms with Crippen molar-refractivity contribution in [1.82, 2.24) is 4.90 Å². The summed E-state index contributed by atoms with van der Waals surface area (Å²) in [5.41, 5.74) is 6.26. The van der Waals surface area contributed by atoms with Gasteiger partial charge in [-0.3, -0.25) is 9.69 Å². The molecule has 2 fully saturated rings. The molecule has 0 radical (unpaired) electrons. The molecule has 1 aromatic carbocycles. The van der Waals surface area contributed by atoms with Crippen molar-refractivity contribution < 1.29 is 19.1 Å². The van der Waals surface area contributed by atoms with E-state index in [0.29, 0.717) is 29.5 Å². The summed E-state index contributed by atoms with van der Waals surface area (Å²) in [7, 11) is 1.55. The predicted octanol–water partition coefficient (Wildman–Crippen LogP) is 2.61. The third-order valence-electron chi connectivity index (χ3n) is 4.53. The zero-order valence-electron chi connectivity index (χ0n) is 15.0. The summed E-state index contributed by atoms with van der Waals surface area (Å²) in [4.78, 5) is 26.9. The van der Waals surface area contributed by atoms with Crippen LogP contribution in [0.2, 0.25) is 0 Å². The molecule has 7 nitrogen and oxygen atoms in total. The average Bonchev–Trinajstić information content (AvgIpc) is 3.17. The van der Waals surface area contributed by atoms with Crippen LogP contribution in [0.4, 0.5) is 16.2 Å². The third kappa shape index (κ3) is 3.65. The zero-order valence-corrected chi connectivity index (χ0v) is 15.0. The van der Waals surface area contributed by atoms with Crippen LogP contribution >= 0.6 is 0 Å². The molecule has 1 aromatic rings. The number of hydrogen-bond acceptors (Lipinski definition) is 5. The summed E-state index contributed by atoms with van der Waals surface area (Å²) >= 11 is 0. The topological polar surface area (TPSA) is 93.9 Å². The van der Waals surface area contributed by atoms with E-state index in [1.165, 1.54) is 0 Å². The van der Waals surface area contributed by atoms with Gasteiger partial charge in [-0.1, -0.05) is 0 Å². The smallest absolute Gasteiger partial charge is 0.411 e. The third-order valence-corrected chi connectivity index (χ3v) is 4.53. The Bertz CT molecular complexity index is 698. The van der Waals surface area contributed by atoms with Crippen LogP contribution in [0.5, 0.6) is 5.75 Å². The Morgan fingerprint density at radius 1 is 1.28 bits per heavy atom. The van der Waals surface area contributed by atoms with E-state index >= 15 is 0 Å². The van der Waals surface area contributed by atoms with Gasteiger partial charge in [0.05, 0.1) is 18.5 Å². The highest BCUT2D eigenvalue weighted by molar-refractivity contribution is 5.99. The molecule has 1 saturated carbocycles. The molecule has 7 heteroatoms. The number of benzene rings is 1. The molecular formula is C18H25N3O4. The molecule has 1 saturated heterocycles. The lowest BCUT2D eigenvalue weighted by Gasteiger charge is -2.30. The van der Waals surface area contributed by atoms with Gasteiger partial charge >= 0.3 is 6.09 Å². The lowest BCUT2D eigenvalue weighted by Crippen LogP contribution is -2.47. The number of fused-ring (bicyclic) bond motifs is 1. The van der Waals surface area contributed by atoms with Crippen LogP contribution in [0.1, 0.15) is 33.6 Å². The molecule has 1 aliphatic heterocycles. The number of anilines is 2. The van der Waals surface area contributed by atoms with Crippen LogP contribution in [-0.2, 0) is 9.53 Å². The molecule has 25 heavy (non-hydrogen) atoms. The first-order valence-electron chi connectivity index (χ1n) is 8.45. The number of methoxy groups -OCH3 is 1. The van der Waals surface area contributed by atoms with Gasteiger partial charge in [-0.15, -0.1) is 0 Å². The molecule has 3 rings (SSSR count). The highest BCUT2D eigenvalue weighted by Gasteiger charge is 2.57. The van der Waals surface area contributed by atoms with Crippen molar-refractivity contribution >= 4 is 23.4 Å². The van der Waals surface area contributed by atoms with Gasteiger partial charge < -0.3 is 20.5 Å². The monoisotopic (exact) mass is 347 g/mol. The molecule has 0 unspecified atom stereocenters. The van der Waals surface area contributed by atoms with E-state index in [0.717, 1.165) is 6.42 Å². The number of hydrogen-bond donors (Lipinski definition) is 2. The van der Waals surface area contributed by atoms with E-state index in [4.69, 9.17) is 15.2 Å². The molecule has 1 aliphatic carbocycles. The maximum atomic E-state index is 12.8. The van der Waals surface area contributed by atoms with E-state index in [1.54, 1.807) is 30.2 Å². The number of nitrogen functional groups attached to an aromatic ring is 1. The molecular weight excluding hydrogens is 322 g/mol. The van der Waals surface area contributed by atoms with E-state index in [9.17, 15) is 9.59 Å². The fourth-order valence-corrected chi connectivity index (χ4v) is 3.25. The van der Waals surface area contributed by atoms with E-state index in [2.05, 4.69) is 5.32 Å². The molecule has 1 heterocycles. The van der Waals surface area contributed by atoms with Crippen LogP contribution in [0.3, 0.4) is 0 Å². The Balaban J connectivity index is 1.74. The maximum absolute atomic E-state index is 12.8. The van der Waals surface area contributed by atoms with Gasteiger partial charge in [0.1, 0.15) is 17.4 Å². The maximum Gasteiger partial charge on any atom is 0.411 e. The molecule has 0 bridgehead atoms. The van der Waals surface area contributed by atoms with Crippen molar-refractivity contribution in [3.05, 3.63) is 18.2 Å². The fourth-order valence-electron chi connectivity index (χ4n) is 3.25. The largest absolute Gasteiger partial charge is 0.497 e. The summed E-state index contributed by atoms with van der Waals surface area (Å²) in [6.45, 7) is 5.45. The number of rotatable bonds is 3. The summed E-state index contributed by atoms with van der Waals surface area (Å²) in [6, 6.07) is 4.63. The van der Waals surface area contributed by atoms with Gasteiger partial charge in [0.15, 0.2) is 0 Å². The number of likely N-dealkylation sites (tertiary alicyclic amines) is 1. The van der Waals surface area contributed by atoms with Gasteiger partial charge in [-0.2, -0.15) is 0 Å². The standard InChI is InChI=1S/C18H25N3O4/c1-18(2,3)25-17(23)21-14-7-10(14)8-15(21)16(22)20-13-9-11(24-4)5-6-12(13)19/h5-6,9-10,14-15H,7-8,19H2,1-4H3,(H,20,22)/t10-,14-,15+/m1/s1. The Labute approximate surface area is 147 Å². The first-order valence-corrected chi connectivity index (χ1v) is 8.45. The molecule has 3 N–H and O–H groups in total. The Morgan fingerprint density at radius 3 is 2.64 bits per heavy atom. The minimum atomic E-state index is -0.595. The molecule has 3 atom stereocenters. The molecule has 136 valence electrons. The number of piperidine rings is 1. The number of amides is 2. The number of nitrogens with one attached hydrogen (secondary N) is 1. The van der Waals surface area contributed by atoms with Gasteiger partial charge in [0.25, 0.3) is 0 Å². The fraction of sp³-hybridized carbons (Fsp3) is 0.556. The number of nitrogens with zero attached hydrogens (tertiary/aromatic N) is 1. The van der Waals surface area contributed by atoms with Crippen molar-refractivity contribution in [3.63, 3.8) is 0 Å². The van der Waals surface area contributed by atoms with E-state index in [-0.39, 0.29) is 11.9 Å². The summed E-state index contributed by atoms with van der Waals surface area (Å²) in [5, 5.41) is 2.82. The second kappa shape index (κ2) is 6.13. The highest BCUT2D eigenvalue weighted by Crippen LogP contribution is 2.48. The minimum Gasteiger partial charge on any atom is -0.497 e. The lowest BCUT2D eigenvalue weighted by atomic mass is 10.1. The number of nitrogens with two attached hydrogens (primary N) is 1. The van der Waals surface area contributed by atoms with Gasteiger partial charge in [-0.25, -0.2) is 4.79 Å². The highest BCUT2D eigenvalue weighted by atomic mass is 16.6. The van der Waals surface area contributed by atoms with Crippen LogP contribution in [-0.4, -0.2) is 41.7 Å². The summed E-state index contributed by atoms with van der Waals surface area (Å²) in [5.74, 6) is 0.728. The van der Waals surface area contributed by atoms with Crippen molar-refractivity contribution in [2.45, 2.75) is 51.3 Å². The average molecular weight is 347 g/mol. The van der Waals surface area contributed by atoms with Crippen molar-refractivity contribution in [2.24, 2.45) is 5.92 Å². The van der Waals surface area contributed by atoms with Crippen molar-refractivity contribution in [2.75, 3.05) is 18.2 Å². The summed E-state index contributed by atoms with van der Waals surface area (Å²) < 4.78 is 10.6. The van der Waals surface area contributed by atoms with Crippen LogP contribution in [0.25, 0.3) is 0 Å². The Morgan fingerprint density at radius 2 is 2.00 bits per heavy atom. The quantitative estimate of drug-likeness (QED) is 0.820. The molecule has 0 aromatic heterocycles. The van der Waals surface area contributed by atoms with Gasteiger partial charge in [0.2, 0.25) is 5.91 Å². The number of carbonyl (C=O) groups excluding carboxylic acids is 2. The van der Waals surface area contributed by atoms with E-state index < -0.39 is 17.7 Å². The predicted molar refractivity (Wildman–Crippen MR) is 94.4 cm³/mol. The van der Waals surface area contributed by atoms with Gasteiger partial charge in [0, 0.05) is 12.1 Å². The summed E-state index contributed by atoms with van der Waals surface area (Å²) in [6.07, 6.45) is 1.15. The number of carbonyl (C=O) groups is 2. The normalized spacial score (nSPS) is 24.5. The first kappa shape index (κ1) is 17.4.